The normalized spacial score (nSPS) is 10.7. The van der Waals surface area contributed by atoms with Crippen LogP contribution in [0, 0.1) is 11.8 Å². The maximum atomic E-state index is 13.1. The van der Waals surface area contributed by atoms with E-state index < -0.39 is 0 Å². The van der Waals surface area contributed by atoms with Crippen molar-refractivity contribution in [1.29, 1.82) is 0 Å². The molecule has 0 radical (unpaired) electrons. The third kappa shape index (κ3) is 2.67. The van der Waals surface area contributed by atoms with Crippen molar-refractivity contribution in [3.8, 4) is 17.5 Å². The fourth-order valence-corrected chi connectivity index (χ4v) is 2.73. The SMILES string of the molecule is CCc1nc2onc(C#Cc3cnn(C)c3)c2c(=O)n1-c1ccccc1. The van der Waals surface area contributed by atoms with Gasteiger partial charge in [-0.05, 0) is 18.1 Å². The molecule has 0 unspecified atom stereocenters. The fourth-order valence-electron chi connectivity index (χ4n) is 2.73. The zero-order chi connectivity index (χ0) is 18.1. The highest BCUT2D eigenvalue weighted by molar-refractivity contribution is 5.78. The zero-order valence-corrected chi connectivity index (χ0v) is 14.3. The minimum Gasteiger partial charge on any atom is -0.334 e. The van der Waals surface area contributed by atoms with Crippen LogP contribution in [0.15, 0.2) is 52.0 Å². The molecule has 0 aliphatic carbocycles. The van der Waals surface area contributed by atoms with Gasteiger partial charge in [-0.3, -0.25) is 14.0 Å². The number of benzene rings is 1. The van der Waals surface area contributed by atoms with E-state index in [4.69, 9.17) is 4.52 Å². The largest absolute Gasteiger partial charge is 0.334 e. The zero-order valence-electron chi connectivity index (χ0n) is 14.3. The second kappa shape index (κ2) is 6.33. The lowest BCUT2D eigenvalue weighted by Gasteiger charge is -2.10. The second-order valence-corrected chi connectivity index (χ2v) is 5.72. The lowest BCUT2D eigenvalue weighted by atomic mass is 10.2. The summed E-state index contributed by atoms with van der Waals surface area (Å²) >= 11 is 0. The van der Waals surface area contributed by atoms with Crippen molar-refractivity contribution in [3.05, 3.63) is 70.2 Å². The number of fused-ring (bicyclic) bond motifs is 1. The lowest BCUT2D eigenvalue weighted by molar-refractivity contribution is 0.444. The average Bonchev–Trinajstić information content (AvgIpc) is 3.26. The van der Waals surface area contributed by atoms with Crippen LogP contribution < -0.4 is 5.56 Å². The minimum atomic E-state index is -0.241. The molecular weight excluding hydrogens is 330 g/mol. The Morgan fingerprint density at radius 1 is 1.19 bits per heavy atom. The van der Waals surface area contributed by atoms with Gasteiger partial charge >= 0.3 is 0 Å². The lowest BCUT2D eigenvalue weighted by Crippen LogP contribution is -2.23. The quantitative estimate of drug-likeness (QED) is 0.520. The Morgan fingerprint density at radius 3 is 2.69 bits per heavy atom. The van der Waals surface area contributed by atoms with Crippen LogP contribution in [0.5, 0.6) is 0 Å². The van der Waals surface area contributed by atoms with E-state index in [1.54, 1.807) is 21.6 Å². The summed E-state index contributed by atoms with van der Waals surface area (Å²) in [6.07, 6.45) is 4.01. The van der Waals surface area contributed by atoms with E-state index in [1.165, 1.54) is 0 Å². The molecule has 1 aromatic carbocycles. The third-order valence-corrected chi connectivity index (χ3v) is 3.94. The highest BCUT2D eigenvalue weighted by atomic mass is 16.5. The molecule has 0 saturated carbocycles. The number of nitrogens with zero attached hydrogens (tertiary/aromatic N) is 5. The van der Waals surface area contributed by atoms with E-state index in [9.17, 15) is 4.79 Å². The van der Waals surface area contributed by atoms with Crippen molar-refractivity contribution in [2.24, 2.45) is 7.05 Å². The number of aryl methyl sites for hydroxylation is 2. The first-order valence-corrected chi connectivity index (χ1v) is 8.14. The van der Waals surface area contributed by atoms with Crippen LogP contribution in [0.3, 0.4) is 0 Å². The molecule has 0 amide bonds. The van der Waals surface area contributed by atoms with Crippen LogP contribution in [-0.2, 0) is 13.5 Å². The number of para-hydroxylation sites is 1. The Morgan fingerprint density at radius 2 is 2.00 bits per heavy atom. The van der Waals surface area contributed by atoms with E-state index in [2.05, 4.69) is 27.1 Å². The van der Waals surface area contributed by atoms with E-state index in [1.807, 2.05) is 44.3 Å². The standard InChI is InChI=1S/C19H15N5O2/c1-3-16-21-18-17(19(25)24(16)14-7-5-4-6-8-14)15(22-26-18)10-9-13-11-20-23(2)12-13/h4-8,11-12H,3H2,1-2H3. The second-order valence-electron chi connectivity index (χ2n) is 5.72. The number of aromatic nitrogens is 5. The molecule has 0 saturated heterocycles. The number of hydrogen-bond acceptors (Lipinski definition) is 5. The summed E-state index contributed by atoms with van der Waals surface area (Å²) in [6.45, 7) is 1.94. The summed E-state index contributed by atoms with van der Waals surface area (Å²) < 4.78 is 8.49. The van der Waals surface area contributed by atoms with Gasteiger partial charge in [0.1, 0.15) is 11.2 Å². The van der Waals surface area contributed by atoms with E-state index in [0.717, 1.165) is 11.3 Å². The van der Waals surface area contributed by atoms with E-state index in [-0.39, 0.29) is 22.4 Å². The van der Waals surface area contributed by atoms with Crippen molar-refractivity contribution >= 4 is 11.1 Å². The molecule has 0 aliphatic heterocycles. The maximum absolute atomic E-state index is 13.1. The van der Waals surface area contributed by atoms with Gasteiger partial charge in [-0.15, -0.1) is 0 Å². The summed E-state index contributed by atoms with van der Waals surface area (Å²) in [7, 11) is 1.81. The fraction of sp³-hybridized carbons (Fsp3) is 0.158. The Hall–Kier alpha value is -3.66. The smallest absolute Gasteiger partial charge is 0.272 e. The van der Waals surface area contributed by atoms with Gasteiger partial charge in [0.15, 0.2) is 5.69 Å². The first-order valence-electron chi connectivity index (χ1n) is 8.14. The average molecular weight is 345 g/mol. The van der Waals surface area contributed by atoms with Gasteiger partial charge in [-0.2, -0.15) is 10.1 Å². The highest BCUT2D eigenvalue weighted by Gasteiger charge is 2.18. The topological polar surface area (TPSA) is 78.7 Å². The van der Waals surface area contributed by atoms with Gasteiger partial charge in [0.2, 0.25) is 0 Å². The van der Waals surface area contributed by atoms with Crippen LogP contribution in [0.4, 0.5) is 0 Å². The summed E-state index contributed by atoms with van der Waals surface area (Å²) in [4.78, 5) is 17.6. The van der Waals surface area contributed by atoms with Crippen molar-refractivity contribution in [3.63, 3.8) is 0 Å². The predicted octanol–water partition coefficient (Wildman–Crippen LogP) is 2.07. The molecule has 0 N–H and O–H groups in total. The number of hydrogen-bond donors (Lipinski definition) is 0. The van der Waals surface area contributed by atoms with Gasteiger partial charge in [0.25, 0.3) is 11.3 Å². The van der Waals surface area contributed by atoms with Crippen LogP contribution in [0.1, 0.15) is 24.0 Å². The molecule has 0 atom stereocenters. The molecule has 7 heteroatoms. The third-order valence-electron chi connectivity index (χ3n) is 3.94. The Balaban J connectivity index is 1.93. The molecule has 0 bridgehead atoms. The molecule has 7 nitrogen and oxygen atoms in total. The first-order chi connectivity index (χ1) is 12.7. The van der Waals surface area contributed by atoms with Gasteiger partial charge in [0, 0.05) is 19.7 Å². The van der Waals surface area contributed by atoms with Crippen LogP contribution in [0.25, 0.3) is 16.8 Å². The van der Waals surface area contributed by atoms with Crippen molar-refractivity contribution in [1.82, 2.24) is 24.5 Å². The van der Waals surface area contributed by atoms with Crippen LogP contribution >= 0.6 is 0 Å². The Kier molecular flexibility index (Phi) is 3.86. The van der Waals surface area contributed by atoms with Crippen molar-refractivity contribution in [2.75, 3.05) is 0 Å². The maximum Gasteiger partial charge on any atom is 0.272 e. The summed E-state index contributed by atoms with van der Waals surface area (Å²) in [5.41, 5.74) is 1.71. The van der Waals surface area contributed by atoms with Gasteiger partial charge in [-0.25, -0.2) is 0 Å². The molecule has 0 fully saturated rings. The Labute approximate surface area is 148 Å². The molecule has 3 heterocycles. The van der Waals surface area contributed by atoms with E-state index in [0.29, 0.717) is 12.2 Å². The van der Waals surface area contributed by atoms with Gasteiger partial charge < -0.3 is 4.52 Å². The summed E-state index contributed by atoms with van der Waals surface area (Å²) in [5.74, 6) is 6.44. The Bertz CT molecular complexity index is 1210. The summed E-state index contributed by atoms with van der Waals surface area (Å²) in [5, 5.41) is 8.28. The molecule has 128 valence electrons. The molecule has 26 heavy (non-hydrogen) atoms. The van der Waals surface area contributed by atoms with Crippen LogP contribution in [0.2, 0.25) is 0 Å². The van der Waals surface area contributed by atoms with Crippen LogP contribution in [-0.4, -0.2) is 24.5 Å². The monoisotopic (exact) mass is 345 g/mol. The predicted molar refractivity (Wildman–Crippen MR) is 96.0 cm³/mol. The van der Waals surface area contributed by atoms with Gasteiger partial charge in [-0.1, -0.05) is 36.2 Å². The molecule has 3 aromatic heterocycles. The minimum absolute atomic E-state index is 0.203. The molecule has 0 aliphatic rings. The van der Waals surface area contributed by atoms with Gasteiger partial charge in [0.05, 0.1) is 17.4 Å². The molecular formula is C19H15N5O2. The summed E-state index contributed by atoms with van der Waals surface area (Å²) in [6, 6.07) is 9.38. The van der Waals surface area contributed by atoms with Crippen molar-refractivity contribution in [2.45, 2.75) is 13.3 Å². The highest BCUT2D eigenvalue weighted by Crippen LogP contribution is 2.16. The molecule has 0 spiro atoms. The molecule has 4 aromatic rings. The van der Waals surface area contributed by atoms with E-state index >= 15 is 0 Å². The number of rotatable bonds is 2. The van der Waals surface area contributed by atoms with Crippen molar-refractivity contribution < 1.29 is 4.52 Å². The first kappa shape index (κ1) is 15.8. The molecule has 4 rings (SSSR count).